The molecule has 0 aromatic heterocycles. The van der Waals surface area contributed by atoms with E-state index < -0.39 is 5.54 Å². The van der Waals surface area contributed by atoms with E-state index in [0.29, 0.717) is 17.9 Å². The second kappa shape index (κ2) is 7.99. The number of hydrogen-bond acceptors (Lipinski definition) is 3. The maximum atomic E-state index is 13.7. The molecule has 1 unspecified atom stereocenters. The average Bonchev–Trinajstić information content (AvgIpc) is 2.42. The Morgan fingerprint density at radius 3 is 2.71 bits per heavy atom. The van der Waals surface area contributed by atoms with E-state index in [0.717, 1.165) is 19.3 Å². The predicted molar refractivity (Wildman–Crippen MR) is 82.8 cm³/mol. The van der Waals surface area contributed by atoms with Crippen molar-refractivity contribution in [3.8, 4) is 11.8 Å². The van der Waals surface area contributed by atoms with Crippen molar-refractivity contribution in [2.45, 2.75) is 58.5 Å². The topological polar surface area (TPSA) is 45.0 Å². The van der Waals surface area contributed by atoms with Crippen LogP contribution in [0.5, 0.6) is 5.75 Å². The third kappa shape index (κ3) is 5.73. The van der Waals surface area contributed by atoms with Crippen molar-refractivity contribution >= 4 is 0 Å². The molecule has 0 aliphatic heterocycles. The lowest BCUT2D eigenvalue weighted by Gasteiger charge is -2.25. The van der Waals surface area contributed by atoms with E-state index in [1.165, 1.54) is 0 Å². The van der Waals surface area contributed by atoms with Crippen LogP contribution in [0, 0.1) is 24.1 Å². The summed E-state index contributed by atoms with van der Waals surface area (Å²) in [6.45, 7) is 8.15. The van der Waals surface area contributed by atoms with E-state index in [-0.39, 0.29) is 11.9 Å². The van der Waals surface area contributed by atoms with Crippen molar-refractivity contribution in [1.29, 1.82) is 5.26 Å². The molecule has 0 radical (unpaired) electrons. The van der Waals surface area contributed by atoms with Crippen LogP contribution < -0.4 is 10.1 Å². The zero-order valence-electron chi connectivity index (χ0n) is 13.4. The highest BCUT2D eigenvalue weighted by Crippen LogP contribution is 2.20. The monoisotopic (exact) mass is 292 g/mol. The second-order valence-electron chi connectivity index (χ2n) is 5.94. The number of halogens is 1. The Morgan fingerprint density at radius 2 is 2.10 bits per heavy atom. The van der Waals surface area contributed by atoms with Gasteiger partial charge in [-0.05, 0) is 58.6 Å². The van der Waals surface area contributed by atoms with Gasteiger partial charge in [-0.15, -0.1) is 0 Å². The van der Waals surface area contributed by atoms with E-state index in [1.807, 2.05) is 20.8 Å². The number of benzene rings is 1. The fourth-order valence-corrected chi connectivity index (χ4v) is 2.29. The molecule has 0 fully saturated rings. The van der Waals surface area contributed by atoms with Crippen LogP contribution in [0.2, 0.25) is 0 Å². The summed E-state index contributed by atoms with van der Waals surface area (Å²) in [6, 6.07) is 7.74. The first-order chi connectivity index (χ1) is 9.88. The first-order valence-corrected chi connectivity index (χ1v) is 7.45. The van der Waals surface area contributed by atoms with Gasteiger partial charge in [0, 0.05) is 6.04 Å². The molecule has 1 rings (SSSR count). The minimum Gasteiger partial charge on any atom is -0.491 e. The second-order valence-corrected chi connectivity index (χ2v) is 5.94. The first-order valence-electron chi connectivity index (χ1n) is 7.45. The van der Waals surface area contributed by atoms with Crippen molar-refractivity contribution in [3.05, 3.63) is 29.6 Å². The van der Waals surface area contributed by atoms with Gasteiger partial charge in [-0.3, -0.25) is 5.32 Å². The number of ether oxygens (including phenoxy) is 1. The van der Waals surface area contributed by atoms with Crippen LogP contribution in [0.1, 0.15) is 45.6 Å². The normalized spacial score (nSPS) is 13.8. The maximum absolute atomic E-state index is 13.7. The van der Waals surface area contributed by atoms with Crippen molar-refractivity contribution < 1.29 is 9.13 Å². The highest BCUT2D eigenvalue weighted by molar-refractivity contribution is 5.29. The number of nitrogens with one attached hydrogen (secondary N) is 1. The van der Waals surface area contributed by atoms with Crippen LogP contribution in [-0.2, 0) is 0 Å². The molecule has 0 aliphatic carbocycles. The molecule has 0 aliphatic rings. The van der Waals surface area contributed by atoms with Gasteiger partial charge in [-0.25, -0.2) is 4.39 Å². The molecule has 1 aromatic carbocycles. The molecule has 21 heavy (non-hydrogen) atoms. The third-order valence-corrected chi connectivity index (χ3v) is 3.34. The summed E-state index contributed by atoms with van der Waals surface area (Å²) < 4.78 is 19.2. The molecule has 3 nitrogen and oxygen atoms in total. The molecule has 116 valence electrons. The van der Waals surface area contributed by atoms with Crippen LogP contribution >= 0.6 is 0 Å². The molecular formula is C17H25FN2O. The van der Waals surface area contributed by atoms with Gasteiger partial charge >= 0.3 is 0 Å². The van der Waals surface area contributed by atoms with Gasteiger partial charge in [-0.1, -0.05) is 12.1 Å². The molecule has 4 heteroatoms. The van der Waals surface area contributed by atoms with Crippen LogP contribution in [-0.4, -0.2) is 18.2 Å². The number of aryl methyl sites for hydroxylation is 1. The zero-order valence-corrected chi connectivity index (χ0v) is 13.4. The minimum atomic E-state index is -0.511. The average molecular weight is 292 g/mol. The van der Waals surface area contributed by atoms with E-state index in [2.05, 4.69) is 11.4 Å². The summed E-state index contributed by atoms with van der Waals surface area (Å²) in [5, 5.41) is 12.5. The van der Waals surface area contributed by atoms with Crippen LogP contribution in [0.3, 0.4) is 0 Å². The van der Waals surface area contributed by atoms with Crippen molar-refractivity contribution in [2.24, 2.45) is 0 Å². The molecule has 0 spiro atoms. The molecule has 1 aromatic rings. The Bertz CT molecular complexity index is 496. The lowest BCUT2D eigenvalue weighted by Crippen LogP contribution is -2.44. The fraction of sp³-hybridized carbons (Fsp3) is 0.588. The summed E-state index contributed by atoms with van der Waals surface area (Å²) in [5.74, 6) is 0.0131. The highest BCUT2D eigenvalue weighted by atomic mass is 19.1. The standard InChI is InChI=1S/C17H25FN2O/c1-13(2)20-17(4,12-19)10-5-6-11-21-15-9-7-8-14(3)16(15)18/h7-9,13,20H,5-6,10-11H2,1-4H3. The quantitative estimate of drug-likeness (QED) is 0.738. The lowest BCUT2D eigenvalue weighted by atomic mass is 9.96. The van der Waals surface area contributed by atoms with E-state index in [4.69, 9.17) is 4.74 Å². The Balaban J connectivity index is 2.35. The van der Waals surface area contributed by atoms with E-state index in [9.17, 15) is 9.65 Å². The molecule has 1 N–H and O–H groups in total. The van der Waals surface area contributed by atoms with Gasteiger partial charge in [0.05, 0.1) is 12.7 Å². The number of nitrogens with zero attached hydrogens (tertiary/aromatic N) is 1. The van der Waals surface area contributed by atoms with Gasteiger partial charge in [0.25, 0.3) is 0 Å². The van der Waals surface area contributed by atoms with Gasteiger partial charge in [0.15, 0.2) is 11.6 Å². The molecule has 0 saturated heterocycles. The summed E-state index contributed by atoms with van der Waals surface area (Å²) in [6.07, 6.45) is 2.41. The largest absolute Gasteiger partial charge is 0.491 e. The molecule has 0 bridgehead atoms. The number of rotatable bonds is 8. The van der Waals surface area contributed by atoms with Crippen molar-refractivity contribution in [3.63, 3.8) is 0 Å². The predicted octanol–water partition coefficient (Wildman–Crippen LogP) is 3.96. The van der Waals surface area contributed by atoms with Crippen molar-refractivity contribution in [2.75, 3.05) is 6.61 Å². The van der Waals surface area contributed by atoms with E-state index >= 15 is 0 Å². The maximum Gasteiger partial charge on any atom is 0.167 e. The van der Waals surface area contributed by atoms with Gasteiger partial charge in [0.2, 0.25) is 0 Å². The Morgan fingerprint density at radius 1 is 1.38 bits per heavy atom. The van der Waals surface area contributed by atoms with Gasteiger partial charge in [-0.2, -0.15) is 5.26 Å². The molecule has 1 atom stereocenters. The Hall–Kier alpha value is -1.60. The van der Waals surface area contributed by atoms with Crippen LogP contribution in [0.15, 0.2) is 18.2 Å². The Kier molecular flexibility index (Phi) is 6.64. The fourth-order valence-electron chi connectivity index (χ4n) is 2.29. The third-order valence-electron chi connectivity index (χ3n) is 3.34. The summed E-state index contributed by atoms with van der Waals surface area (Å²) >= 11 is 0. The van der Waals surface area contributed by atoms with Gasteiger partial charge < -0.3 is 4.74 Å². The highest BCUT2D eigenvalue weighted by Gasteiger charge is 2.23. The number of hydrogen-bond donors (Lipinski definition) is 1. The minimum absolute atomic E-state index is 0.271. The molecular weight excluding hydrogens is 267 g/mol. The molecule has 0 saturated carbocycles. The number of nitriles is 1. The molecule has 0 amide bonds. The Labute approximate surface area is 127 Å². The molecule has 0 heterocycles. The smallest absolute Gasteiger partial charge is 0.167 e. The first kappa shape index (κ1) is 17.5. The number of unbranched alkanes of at least 4 members (excludes halogenated alkanes) is 1. The SMILES string of the molecule is Cc1cccc(OCCCCC(C)(C#N)NC(C)C)c1F. The summed E-state index contributed by atoms with van der Waals surface area (Å²) in [7, 11) is 0. The van der Waals surface area contributed by atoms with E-state index in [1.54, 1.807) is 25.1 Å². The van der Waals surface area contributed by atoms with Gasteiger partial charge in [0.1, 0.15) is 5.54 Å². The lowest BCUT2D eigenvalue weighted by molar-refractivity contribution is 0.280. The summed E-state index contributed by atoms with van der Waals surface area (Å²) in [4.78, 5) is 0. The zero-order chi connectivity index (χ0) is 15.9. The summed E-state index contributed by atoms with van der Waals surface area (Å²) in [5.41, 5.74) is 0.0774. The van der Waals surface area contributed by atoms with Crippen LogP contribution in [0.25, 0.3) is 0 Å². The van der Waals surface area contributed by atoms with Crippen LogP contribution in [0.4, 0.5) is 4.39 Å². The van der Waals surface area contributed by atoms with Crippen molar-refractivity contribution in [1.82, 2.24) is 5.32 Å².